The summed E-state index contributed by atoms with van der Waals surface area (Å²) in [5, 5.41) is 16.5. The normalized spacial score (nSPS) is 12.3. The second-order valence-corrected chi connectivity index (χ2v) is 9.43. The minimum Gasteiger partial charge on any atom is -0.478 e. The summed E-state index contributed by atoms with van der Waals surface area (Å²) in [7, 11) is 0. The fraction of sp³-hybridized carbons (Fsp3) is 0.129. The smallest absolute Gasteiger partial charge is 0.416 e. The van der Waals surface area contributed by atoms with Crippen LogP contribution < -0.4 is 5.32 Å². The van der Waals surface area contributed by atoms with Crippen LogP contribution in [-0.2, 0) is 12.7 Å². The first-order valence-corrected chi connectivity index (χ1v) is 12.5. The molecule has 0 saturated heterocycles. The molecule has 0 aliphatic rings. The van der Waals surface area contributed by atoms with Gasteiger partial charge in [-0.25, -0.2) is 9.31 Å². The maximum atomic E-state index is 13.6. The lowest BCUT2D eigenvalue weighted by atomic mass is 9.91. The molecule has 0 spiro atoms. The van der Waals surface area contributed by atoms with Gasteiger partial charge in [0.1, 0.15) is 0 Å². The summed E-state index contributed by atoms with van der Waals surface area (Å²) < 4.78 is 40.9. The number of hydrogen-bond donors (Lipinski definition) is 2. The molecule has 0 unspecified atom stereocenters. The number of rotatable bonds is 7. The summed E-state index contributed by atoms with van der Waals surface area (Å²) in [6, 6.07) is 22.5. The van der Waals surface area contributed by atoms with E-state index in [-0.39, 0.29) is 23.9 Å². The molecule has 6 nitrogen and oxygen atoms in total. The number of halogens is 3. The Hall–Kier alpha value is -4.92. The number of amides is 1. The molecule has 0 aliphatic carbocycles. The summed E-state index contributed by atoms with van der Waals surface area (Å²) in [5.74, 6) is -1.75. The Labute approximate surface area is 227 Å². The van der Waals surface area contributed by atoms with Gasteiger partial charge in [0.25, 0.3) is 5.91 Å². The number of nitrogens with zero attached hydrogens (tertiary/aromatic N) is 2. The van der Waals surface area contributed by atoms with Crippen LogP contribution in [0.25, 0.3) is 16.6 Å². The number of aromatic carboxylic acids is 1. The Bertz CT molecular complexity index is 1680. The molecule has 5 aromatic rings. The van der Waals surface area contributed by atoms with Gasteiger partial charge in [0.05, 0.1) is 28.4 Å². The minimum absolute atomic E-state index is 0.147. The van der Waals surface area contributed by atoms with Crippen LogP contribution in [0.5, 0.6) is 0 Å². The van der Waals surface area contributed by atoms with E-state index in [0.29, 0.717) is 22.2 Å². The number of hydrogen-bond acceptors (Lipinski definition) is 3. The summed E-state index contributed by atoms with van der Waals surface area (Å²) in [6.07, 6.45) is -0.984. The third kappa shape index (κ3) is 5.44. The summed E-state index contributed by atoms with van der Waals surface area (Å²) in [5.41, 5.74) is 4.04. The summed E-state index contributed by atoms with van der Waals surface area (Å²) in [4.78, 5) is 24.7. The molecule has 3 aromatic carbocycles. The van der Waals surface area contributed by atoms with Crippen molar-refractivity contribution in [2.45, 2.75) is 25.6 Å². The first-order valence-electron chi connectivity index (χ1n) is 12.5. The Kier molecular flexibility index (Phi) is 7.13. The van der Waals surface area contributed by atoms with Gasteiger partial charge in [-0.1, -0.05) is 61.5 Å². The molecule has 5 rings (SSSR count). The van der Waals surface area contributed by atoms with Crippen molar-refractivity contribution in [2.75, 3.05) is 0 Å². The van der Waals surface area contributed by atoms with E-state index in [1.165, 1.54) is 24.3 Å². The van der Waals surface area contributed by atoms with E-state index in [4.69, 9.17) is 5.11 Å². The van der Waals surface area contributed by atoms with Crippen LogP contribution in [0.1, 0.15) is 55.8 Å². The lowest BCUT2D eigenvalue weighted by Gasteiger charge is -2.15. The van der Waals surface area contributed by atoms with Gasteiger partial charge in [0.2, 0.25) is 0 Å². The number of carboxylic acid groups (broad SMARTS) is 1. The zero-order chi connectivity index (χ0) is 28.4. The number of carboxylic acids is 1. The molecule has 0 fully saturated rings. The molecule has 0 radical (unpaired) electrons. The quantitative estimate of drug-likeness (QED) is 0.237. The number of alkyl halides is 3. The highest BCUT2D eigenvalue weighted by molar-refractivity contribution is 6.02. The van der Waals surface area contributed by atoms with Crippen molar-refractivity contribution in [3.8, 4) is 11.1 Å². The van der Waals surface area contributed by atoms with Gasteiger partial charge >= 0.3 is 12.1 Å². The van der Waals surface area contributed by atoms with Crippen molar-refractivity contribution < 1.29 is 27.9 Å². The SMILES string of the molecule is C[C@H](c1ccc(C(F)(F)F)cc1)c1cnn2cc(-c3ccccc3)cc(C(=O)NCc3ccc(C(=O)O)cc3)c12. The predicted octanol–water partition coefficient (Wildman–Crippen LogP) is 6.80. The van der Waals surface area contributed by atoms with Gasteiger partial charge in [0.15, 0.2) is 0 Å². The standard InChI is InChI=1S/C31H24F3N3O3/c1-19(21-11-13-25(14-12-21)31(32,33)34)27-17-36-37-18-24(22-5-3-2-4-6-22)15-26(28(27)37)29(38)35-16-20-7-9-23(10-8-20)30(39)40/h2-15,17-19H,16H2,1H3,(H,35,38)(H,39,40)/t19-/m1/s1. The predicted molar refractivity (Wildman–Crippen MR) is 144 cm³/mol. The molecule has 0 aliphatic heterocycles. The second-order valence-electron chi connectivity index (χ2n) is 9.43. The average molecular weight is 544 g/mol. The van der Waals surface area contributed by atoms with Gasteiger partial charge in [0, 0.05) is 29.8 Å². The number of pyridine rings is 1. The van der Waals surface area contributed by atoms with Gasteiger partial charge in [-0.05, 0) is 47.0 Å². The maximum Gasteiger partial charge on any atom is 0.416 e. The Balaban J connectivity index is 1.53. The third-order valence-electron chi connectivity index (χ3n) is 6.85. The van der Waals surface area contributed by atoms with Gasteiger partial charge in [-0.2, -0.15) is 18.3 Å². The molecule has 1 atom stereocenters. The van der Waals surface area contributed by atoms with Crippen LogP contribution in [0, 0.1) is 0 Å². The Morgan fingerprint density at radius 3 is 2.25 bits per heavy atom. The van der Waals surface area contributed by atoms with E-state index >= 15 is 0 Å². The maximum absolute atomic E-state index is 13.6. The van der Waals surface area contributed by atoms with Crippen LogP contribution in [-0.4, -0.2) is 26.6 Å². The molecule has 40 heavy (non-hydrogen) atoms. The number of aromatic nitrogens is 2. The molecular formula is C31H24F3N3O3. The van der Waals surface area contributed by atoms with Crippen molar-refractivity contribution >= 4 is 17.4 Å². The third-order valence-corrected chi connectivity index (χ3v) is 6.85. The first kappa shape index (κ1) is 26.7. The van der Waals surface area contributed by atoms with Crippen LogP contribution in [0.3, 0.4) is 0 Å². The largest absolute Gasteiger partial charge is 0.478 e. The second kappa shape index (κ2) is 10.7. The number of carbonyl (C=O) groups is 2. The fourth-order valence-corrected chi connectivity index (χ4v) is 4.61. The molecule has 0 saturated carbocycles. The van der Waals surface area contributed by atoms with Crippen molar-refractivity contribution in [1.29, 1.82) is 0 Å². The van der Waals surface area contributed by atoms with Gasteiger partial charge in [-0.3, -0.25) is 4.79 Å². The van der Waals surface area contributed by atoms with E-state index in [2.05, 4.69) is 10.4 Å². The number of nitrogens with one attached hydrogen (secondary N) is 1. The van der Waals surface area contributed by atoms with Gasteiger partial charge < -0.3 is 10.4 Å². The van der Waals surface area contributed by atoms with Crippen molar-refractivity contribution in [3.05, 3.63) is 131 Å². The highest BCUT2D eigenvalue weighted by Gasteiger charge is 2.30. The zero-order valence-electron chi connectivity index (χ0n) is 21.3. The summed E-state index contributed by atoms with van der Waals surface area (Å²) >= 11 is 0. The van der Waals surface area contributed by atoms with Crippen molar-refractivity contribution in [3.63, 3.8) is 0 Å². The van der Waals surface area contributed by atoms with Crippen molar-refractivity contribution in [2.24, 2.45) is 0 Å². The van der Waals surface area contributed by atoms with E-state index in [0.717, 1.165) is 28.8 Å². The van der Waals surface area contributed by atoms with E-state index in [1.807, 2.05) is 43.5 Å². The average Bonchev–Trinajstić information content (AvgIpc) is 3.39. The zero-order valence-corrected chi connectivity index (χ0v) is 21.3. The fourth-order valence-electron chi connectivity index (χ4n) is 4.61. The molecule has 2 aromatic heterocycles. The molecular weight excluding hydrogens is 519 g/mol. The Morgan fingerprint density at radius 1 is 0.950 bits per heavy atom. The highest BCUT2D eigenvalue weighted by atomic mass is 19.4. The van der Waals surface area contributed by atoms with Crippen LogP contribution >= 0.6 is 0 Å². The van der Waals surface area contributed by atoms with Crippen molar-refractivity contribution in [1.82, 2.24) is 14.9 Å². The van der Waals surface area contributed by atoms with Crippen LogP contribution in [0.15, 0.2) is 97.3 Å². The molecule has 1 amide bonds. The monoisotopic (exact) mass is 543 g/mol. The lowest BCUT2D eigenvalue weighted by molar-refractivity contribution is -0.137. The summed E-state index contributed by atoms with van der Waals surface area (Å²) in [6.45, 7) is 2.02. The number of benzene rings is 3. The van der Waals surface area contributed by atoms with Gasteiger partial charge in [-0.15, -0.1) is 0 Å². The highest BCUT2D eigenvalue weighted by Crippen LogP contribution is 2.34. The molecule has 2 heterocycles. The first-order chi connectivity index (χ1) is 19.1. The molecule has 9 heteroatoms. The molecule has 202 valence electrons. The van der Waals surface area contributed by atoms with Crippen LogP contribution in [0.2, 0.25) is 0 Å². The van der Waals surface area contributed by atoms with E-state index < -0.39 is 17.7 Å². The van der Waals surface area contributed by atoms with E-state index in [9.17, 15) is 22.8 Å². The lowest BCUT2D eigenvalue weighted by Crippen LogP contribution is -2.24. The Morgan fingerprint density at radius 2 is 1.62 bits per heavy atom. The van der Waals surface area contributed by atoms with E-state index in [1.54, 1.807) is 28.9 Å². The minimum atomic E-state index is -4.43. The topological polar surface area (TPSA) is 83.7 Å². The number of fused-ring (bicyclic) bond motifs is 1. The molecule has 2 N–H and O–H groups in total. The molecule has 0 bridgehead atoms. The van der Waals surface area contributed by atoms with Crippen LogP contribution in [0.4, 0.5) is 13.2 Å². The number of carbonyl (C=O) groups excluding carboxylic acids is 1.